The molecule has 0 atom stereocenters. The Morgan fingerprint density at radius 2 is 1.72 bits per heavy atom. The highest BCUT2D eigenvalue weighted by Gasteiger charge is 2.13. The molecule has 0 aliphatic heterocycles. The molecule has 4 nitrogen and oxygen atoms in total. The van der Waals surface area contributed by atoms with Crippen LogP contribution in [-0.2, 0) is 11.2 Å². The molecule has 0 unspecified atom stereocenters. The number of carboxylic acids is 1. The van der Waals surface area contributed by atoms with Crippen molar-refractivity contribution in [3.63, 3.8) is 0 Å². The molecule has 2 aromatic carbocycles. The quantitative estimate of drug-likeness (QED) is 0.640. The third-order valence-electron chi connectivity index (χ3n) is 3.74. The molecule has 6 heteroatoms. The highest BCUT2D eigenvalue weighted by molar-refractivity contribution is 6.35. The van der Waals surface area contributed by atoms with Gasteiger partial charge in [0.25, 0.3) is 0 Å². The van der Waals surface area contributed by atoms with Gasteiger partial charge in [0.15, 0.2) is 0 Å². The van der Waals surface area contributed by atoms with E-state index in [1.807, 2.05) is 53.2 Å². The molecule has 25 heavy (non-hydrogen) atoms. The maximum absolute atomic E-state index is 10.7. The summed E-state index contributed by atoms with van der Waals surface area (Å²) in [7, 11) is 0. The van der Waals surface area contributed by atoms with E-state index in [0.717, 1.165) is 22.6 Å². The van der Waals surface area contributed by atoms with Gasteiger partial charge in [-0.05, 0) is 49.2 Å². The Morgan fingerprint density at radius 3 is 2.36 bits per heavy atom. The molecule has 0 fully saturated rings. The molecule has 1 heterocycles. The Balaban J connectivity index is 2.02. The van der Waals surface area contributed by atoms with Crippen molar-refractivity contribution in [3.8, 4) is 16.9 Å². The van der Waals surface area contributed by atoms with E-state index in [2.05, 4.69) is 5.10 Å². The van der Waals surface area contributed by atoms with Crippen LogP contribution in [0, 0.1) is 0 Å². The van der Waals surface area contributed by atoms with E-state index in [-0.39, 0.29) is 6.42 Å². The predicted octanol–water partition coefficient (Wildman–Crippen LogP) is 5.25. The molecule has 1 aromatic heterocycles. The van der Waals surface area contributed by atoms with E-state index in [1.165, 1.54) is 0 Å². The van der Waals surface area contributed by atoms with Crippen molar-refractivity contribution in [1.29, 1.82) is 0 Å². The normalized spacial score (nSPS) is 10.8. The third kappa shape index (κ3) is 4.41. The second-order valence-electron chi connectivity index (χ2n) is 5.67. The smallest absolute Gasteiger partial charge is 0.303 e. The number of aromatic nitrogens is 2. The number of rotatable bonds is 6. The first-order valence-corrected chi connectivity index (χ1v) is 8.61. The zero-order valence-electron chi connectivity index (χ0n) is 13.3. The second kappa shape index (κ2) is 7.72. The molecule has 0 spiro atoms. The van der Waals surface area contributed by atoms with Crippen LogP contribution < -0.4 is 0 Å². The fourth-order valence-electron chi connectivity index (χ4n) is 2.65. The third-order valence-corrected chi connectivity index (χ3v) is 4.18. The van der Waals surface area contributed by atoms with Gasteiger partial charge in [0, 0.05) is 22.0 Å². The van der Waals surface area contributed by atoms with Crippen LogP contribution >= 0.6 is 23.2 Å². The minimum atomic E-state index is -0.802. The van der Waals surface area contributed by atoms with E-state index in [4.69, 9.17) is 28.3 Å². The lowest BCUT2D eigenvalue weighted by Gasteiger charge is -2.08. The number of hydrogen-bond acceptors (Lipinski definition) is 2. The van der Waals surface area contributed by atoms with Gasteiger partial charge in [-0.3, -0.25) is 4.79 Å². The Kier molecular flexibility index (Phi) is 5.41. The Bertz CT molecular complexity index is 871. The summed E-state index contributed by atoms with van der Waals surface area (Å²) in [6.07, 6.45) is 1.25. The molecule has 0 aliphatic rings. The molecule has 3 rings (SSSR count). The first-order chi connectivity index (χ1) is 12.0. The van der Waals surface area contributed by atoms with Gasteiger partial charge in [0.1, 0.15) is 0 Å². The molecule has 0 saturated carbocycles. The molecule has 0 aliphatic carbocycles. The Hall–Kier alpha value is -2.30. The molecule has 1 N–H and O–H groups in total. The van der Waals surface area contributed by atoms with Gasteiger partial charge in [-0.1, -0.05) is 41.4 Å². The maximum Gasteiger partial charge on any atom is 0.303 e. The molecule has 3 aromatic rings. The van der Waals surface area contributed by atoms with Crippen molar-refractivity contribution < 1.29 is 9.90 Å². The number of aryl methyl sites for hydroxylation is 1. The molecule has 0 bridgehead atoms. The van der Waals surface area contributed by atoms with Crippen LogP contribution in [-0.4, -0.2) is 20.9 Å². The average molecular weight is 375 g/mol. The molecule has 128 valence electrons. The van der Waals surface area contributed by atoms with Crippen LogP contribution in [0.4, 0.5) is 0 Å². The fourth-order valence-corrected chi connectivity index (χ4v) is 3.17. The van der Waals surface area contributed by atoms with Crippen LogP contribution in [0.15, 0.2) is 54.6 Å². The monoisotopic (exact) mass is 374 g/mol. The number of para-hydroxylation sites is 1. The summed E-state index contributed by atoms with van der Waals surface area (Å²) in [4.78, 5) is 10.7. The van der Waals surface area contributed by atoms with Crippen molar-refractivity contribution in [2.75, 3.05) is 0 Å². The topological polar surface area (TPSA) is 55.1 Å². The van der Waals surface area contributed by atoms with E-state index in [1.54, 1.807) is 6.07 Å². The van der Waals surface area contributed by atoms with Gasteiger partial charge in [0.05, 0.1) is 17.1 Å². The minimum Gasteiger partial charge on any atom is -0.481 e. The van der Waals surface area contributed by atoms with Crippen LogP contribution in [0.3, 0.4) is 0 Å². The summed E-state index contributed by atoms with van der Waals surface area (Å²) in [6.45, 7) is 0. The SMILES string of the molecule is O=C(O)CCCc1cc(-c2cc(Cl)cc(Cl)c2)n(-c2ccccc2)n1. The first-order valence-electron chi connectivity index (χ1n) is 7.85. The van der Waals surface area contributed by atoms with Crippen molar-refractivity contribution in [2.24, 2.45) is 0 Å². The average Bonchev–Trinajstić information content (AvgIpc) is 2.99. The number of aliphatic carboxylic acids is 1. The number of benzene rings is 2. The molecule has 0 radical (unpaired) electrons. The van der Waals surface area contributed by atoms with E-state index in [9.17, 15) is 4.79 Å². The highest BCUT2D eigenvalue weighted by Crippen LogP contribution is 2.30. The number of carbonyl (C=O) groups is 1. The molecule has 0 amide bonds. The number of hydrogen-bond donors (Lipinski definition) is 1. The summed E-state index contributed by atoms with van der Waals surface area (Å²) >= 11 is 12.3. The number of carboxylic acid groups (broad SMARTS) is 1. The van der Waals surface area contributed by atoms with Gasteiger partial charge in [-0.25, -0.2) is 4.68 Å². The van der Waals surface area contributed by atoms with Crippen LogP contribution in [0.25, 0.3) is 16.9 Å². The largest absolute Gasteiger partial charge is 0.481 e. The maximum atomic E-state index is 10.7. The van der Waals surface area contributed by atoms with Crippen LogP contribution in [0.5, 0.6) is 0 Å². The summed E-state index contributed by atoms with van der Waals surface area (Å²) in [5.74, 6) is -0.802. The van der Waals surface area contributed by atoms with Gasteiger partial charge < -0.3 is 5.11 Å². The standard InChI is InChI=1S/C19H16Cl2N2O2/c20-14-9-13(10-15(21)11-14)18-12-16(5-4-8-19(24)25)22-23(18)17-6-2-1-3-7-17/h1-3,6-7,9-12H,4-5,8H2,(H,24,25). The Morgan fingerprint density at radius 1 is 1.04 bits per heavy atom. The molecular formula is C19H16Cl2N2O2. The summed E-state index contributed by atoms with van der Waals surface area (Å²) in [6, 6.07) is 17.1. The zero-order valence-corrected chi connectivity index (χ0v) is 14.8. The van der Waals surface area contributed by atoms with Crippen molar-refractivity contribution in [2.45, 2.75) is 19.3 Å². The Labute approximate surface area is 155 Å². The summed E-state index contributed by atoms with van der Waals surface area (Å²) < 4.78 is 1.83. The lowest BCUT2D eigenvalue weighted by atomic mass is 10.1. The van der Waals surface area contributed by atoms with Crippen molar-refractivity contribution in [3.05, 3.63) is 70.3 Å². The van der Waals surface area contributed by atoms with Crippen LogP contribution in [0.2, 0.25) is 10.0 Å². The number of nitrogens with zero attached hydrogens (tertiary/aromatic N) is 2. The highest BCUT2D eigenvalue weighted by atomic mass is 35.5. The summed E-state index contributed by atoms with van der Waals surface area (Å²) in [5.41, 5.74) is 3.47. The van der Waals surface area contributed by atoms with Gasteiger partial charge in [-0.2, -0.15) is 5.10 Å². The zero-order chi connectivity index (χ0) is 17.8. The van der Waals surface area contributed by atoms with Crippen molar-refractivity contribution >= 4 is 29.2 Å². The van der Waals surface area contributed by atoms with Crippen LogP contribution in [0.1, 0.15) is 18.5 Å². The first kappa shape index (κ1) is 17.5. The lowest BCUT2D eigenvalue weighted by molar-refractivity contribution is -0.137. The summed E-state index contributed by atoms with van der Waals surface area (Å²) in [5, 5.41) is 14.6. The second-order valence-corrected chi connectivity index (χ2v) is 6.55. The fraction of sp³-hybridized carbons (Fsp3) is 0.158. The van der Waals surface area contributed by atoms with E-state index in [0.29, 0.717) is 22.9 Å². The molecular weight excluding hydrogens is 359 g/mol. The van der Waals surface area contributed by atoms with E-state index < -0.39 is 5.97 Å². The van der Waals surface area contributed by atoms with Gasteiger partial charge >= 0.3 is 5.97 Å². The van der Waals surface area contributed by atoms with Gasteiger partial charge in [0.2, 0.25) is 0 Å². The van der Waals surface area contributed by atoms with Crippen molar-refractivity contribution in [1.82, 2.24) is 9.78 Å². The van der Waals surface area contributed by atoms with Gasteiger partial charge in [-0.15, -0.1) is 0 Å². The minimum absolute atomic E-state index is 0.122. The number of halogens is 2. The lowest BCUT2D eigenvalue weighted by Crippen LogP contribution is -2.00. The molecule has 0 saturated heterocycles. The van der Waals surface area contributed by atoms with E-state index >= 15 is 0 Å². The predicted molar refractivity (Wildman–Crippen MR) is 99.6 cm³/mol.